The largest absolute Gasteiger partial charge is 0.328 e. The molecule has 0 fully saturated rings. The van der Waals surface area contributed by atoms with Gasteiger partial charge >= 0.3 is 0 Å². The van der Waals surface area contributed by atoms with Crippen molar-refractivity contribution in [3.63, 3.8) is 0 Å². The summed E-state index contributed by atoms with van der Waals surface area (Å²) in [5, 5.41) is 0.800. The third kappa shape index (κ3) is 4.27. The van der Waals surface area contributed by atoms with Crippen molar-refractivity contribution in [2.45, 2.75) is 36.1 Å². The van der Waals surface area contributed by atoms with E-state index in [4.69, 9.17) is 17.3 Å². The molecule has 0 aliphatic heterocycles. The van der Waals surface area contributed by atoms with E-state index in [1.165, 1.54) is 10.5 Å². The summed E-state index contributed by atoms with van der Waals surface area (Å²) in [4.78, 5) is 2.38. The molecule has 0 aliphatic rings. The minimum absolute atomic E-state index is 0.133. The highest BCUT2D eigenvalue weighted by molar-refractivity contribution is 7.99. The summed E-state index contributed by atoms with van der Waals surface area (Å²) >= 11 is 8.02. The van der Waals surface area contributed by atoms with Crippen LogP contribution < -0.4 is 5.73 Å². The second-order valence-corrected chi connectivity index (χ2v) is 6.40. The van der Waals surface area contributed by atoms with Crippen LogP contribution in [0.1, 0.15) is 18.1 Å². The lowest BCUT2D eigenvalue weighted by Gasteiger charge is -2.09. The van der Waals surface area contributed by atoms with E-state index in [-0.39, 0.29) is 6.04 Å². The number of aryl methyl sites for hydroxylation is 1. The molecule has 0 saturated carbocycles. The number of benzene rings is 2. The lowest BCUT2D eigenvalue weighted by Crippen LogP contribution is -2.17. The van der Waals surface area contributed by atoms with Crippen molar-refractivity contribution in [3.8, 4) is 0 Å². The highest BCUT2D eigenvalue weighted by Crippen LogP contribution is 2.31. The van der Waals surface area contributed by atoms with Crippen LogP contribution in [0, 0.1) is 6.92 Å². The zero-order valence-electron chi connectivity index (χ0n) is 11.2. The average Bonchev–Trinajstić information content (AvgIpc) is 2.35. The summed E-state index contributed by atoms with van der Waals surface area (Å²) in [7, 11) is 0. The van der Waals surface area contributed by atoms with Crippen molar-refractivity contribution in [2.24, 2.45) is 5.73 Å². The first-order chi connectivity index (χ1) is 9.04. The van der Waals surface area contributed by atoms with Crippen LogP contribution in [0.4, 0.5) is 0 Å². The van der Waals surface area contributed by atoms with Crippen molar-refractivity contribution in [1.82, 2.24) is 0 Å². The maximum absolute atomic E-state index is 6.30. The van der Waals surface area contributed by atoms with E-state index in [0.29, 0.717) is 0 Å². The van der Waals surface area contributed by atoms with E-state index < -0.39 is 0 Å². The number of rotatable bonds is 4. The van der Waals surface area contributed by atoms with Crippen LogP contribution in [0.2, 0.25) is 5.02 Å². The summed E-state index contributed by atoms with van der Waals surface area (Å²) in [5.74, 6) is 0. The minimum Gasteiger partial charge on any atom is -0.328 e. The number of hydrogen-bond acceptors (Lipinski definition) is 2. The minimum atomic E-state index is 0.133. The normalized spacial score (nSPS) is 12.4. The first-order valence-electron chi connectivity index (χ1n) is 6.33. The predicted octanol–water partition coefficient (Wildman–Crippen LogP) is 4.69. The quantitative estimate of drug-likeness (QED) is 0.884. The summed E-state index contributed by atoms with van der Waals surface area (Å²) in [6.45, 7) is 4.08. The second-order valence-electron chi connectivity index (χ2n) is 4.85. The fourth-order valence-corrected chi connectivity index (χ4v) is 3.03. The van der Waals surface area contributed by atoms with Gasteiger partial charge in [-0.05, 0) is 50.1 Å². The molecule has 0 amide bonds. The highest BCUT2D eigenvalue weighted by atomic mass is 35.5. The second kappa shape index (κ2) is 6.47. The zero-order chi connectivity index (χ0) is 13.8. The maximum Gasteiger partial charge on any atom is 0.0449 e. The molecule has 0 bridgehead atoms. The Labute approximate surface area is 124 Å². The molecule has 3 heteroatoms. The molecule has 2 aromatic carbocycles. The first kappa shape index (κ1) is 14.4. The molecule has 1 nitrogen and oxygen atoms in total. The van der Waals surface area contributed by atoms with Crippen LogP contribution in [0.15, 0.2) is 52.3 Å². The molecule has 0 aromatic heterocycles. The van der Waals surface area contributed by atoms with Gasteiger partial charge in [-0.25, -0.2) is 0 Å². The highest BCUT2D eigenvalue weighted by Gasteiger charge is 2.05. The lowest BCUT2D eigenvalue weighted by molar-refractivity contribution is 0.738. The van der Waals surface area contributed by atoms with E-state index >= 15 is 0 Å². The van der Waals surface area contributed by atoms with Gasteiger partial charge < -0.3 is 5.73 Å². The molecule has 100 valence electrons. The molecule has 0 aliphatic carbocycles. The Bertz CT molecular complexity index is 549. The van der Waals surface area contributed by atoms with E-state index in [0.717, 1.165) is 21.9 Å². The fraction of sp³-hybridized carbons (Fsp3) is 0.250. The third-order valence-electron chi connectivity index (χ3n) is 2.82. The molecule has 1 atom stereocenters. The summed E-state index contributed by atoms with van der Waals surface area (Å²) in [6.07, 6.45) is 0.814. The molecule has 0 spiro atoms. The van der Waals surface area contributed by atoms with Gasteiger partial charge in [0.05, 0.1) is 0 Å². The Morgan fingerprint density at radius 1 is 1.11 bits per heavy atom. The monoisotopic (exact) mass is 291 g/mol. The molecule has 2 N–H and O–H groups in total. The van der Waals surface area contributed by atoms with Gasteiger partial charge in [-0.15, -0.1) is 0 Å². The fourth-order valence-electron chi connectivity index (χ4n) is 1.85. The van der Waals surface area contributed by atoms with Gasteiger partial charge in [0, 0.05) is 20.9 Å². The average molecular weight is 292 g/mol. The van der Waals surface area contributed by atoms with Gasteiger partial charge in [-0.2, -0.15) is 0 Å². The molecular weight excluding hydrogens is 274 g/mol. The molecule has 0 heterocycles. The Hall–Kier alpha value is -0.960. The molecular formula is C16H18ClNS. The van der Waals surface area contributed by atoms with Crippen LogP contribution in [0.25, 0.3) is 0 Å². The summed E-state index contributed by atoms with van der Waals surface area (Å²) in [6, 6.07) is 14.8. The van der Waals surface area contributed by atoms with Crippen LogP contribution >= 0.6 is 23.4 Å². The summed E-state index contributed by atoms with van der Waals surface area (Å²) in [5.41, 5.74) is 8.19. The first-order valence-corrected chi connectivity index (χ1v) is 7.52. The summed E-state index contributed by atoms with van der Waals surface area (Å²) < 4.78 is 0. The van der Waals surface area contributed by atoms with Gasteiger partial charge in [0.2, 0.25) is 0 Å². The van der Waals surface area contributed by atoms with E-state index in [2.05, 4.69) is 43.3 Å². The van der Waals surface area contributed by atoms with Gasteiger partial charge in [-0.1, -0.05) is 47.1 Å². The van der Waals surface area contributed by atoms with Crippen molar-refractivity contribution in [2.75, 3.05) is 0 Å². The molecule has 2 rings (SSSR count). The molecule has 0 radical (unpaired) electrons. The maximum atomic E-state index is 6.30. The molecule has 19 heavy (non-hydrogen) atoms. The van der Waals surface area contributed by atoms with Crippen LogP contribution in [0.3, 0.4) is 0 Å². The number of halogens is 1. The Morgan fingerprint density at radius 2 is 1.74 bits per heavy atom. The van der Waals surface area contributed by atoms with Gasteiger partial charge in [0.25, 0.3) is 0 Å². The molecule has 1 unspecified atom stereocenters. The Kier molecular flexibility index (Phi) is 4.92. The Balaban J connectivity index is 2.13. The third-order valence-corrected chi connectivity index (χ3v) is 4.17. The zero-order valence-corrected chi connectivity index (χ0v) is 12.8. The van der Waals surface area contributed by atoms with Crippen molar-refractivity contribution in [3.05, 3.63) is 58.6 Å². The number of hydrogen-bond donors (Lipinski definition) is 1. The van der Waals surface area contributed by atoms with Crippen molar-refractivity contribution < 1.29 is 0 Å². The van der Waals surface area contributed by atoms with E-state index in [1.807, 2.05) is 13.0 Å². The Morgan fingerprint density at radius 3 is 2.32 bits per heavy atom. The van der Waals surface area contributed by atoms with Crippen LogP contribution in [-0.2, 0) is 6.42 Å². The van der Waals surface area contributed by atoms with Gasteiger partial charge in [0.15, 0.2) is 0 Å². The number of nitrogens with two attached hydrogens (primary N) is 1. The van der Waals surface area contributed by atoms with Crippen LogP contribution in [-0.4, -0.2) is 6.04 Å². The smallest absolute Gasteiger partial charge is 0.0449 e. The van der Waals surface area contributed by atoms with Gasteiger partial charge in [0.1, 0.15) is 0 Å². The van der Waals surface area contributed by atoms with Gasteiger partial charge in [-0.3, -0.25) is 0 Å². The topological polar surface area (TPSA) is 26.0 Å². The standard InChI is InChI=1S/C16H18ClNS/c1-11-3-6-14(7-4-11)19-15-8-5-13(9-12(2)18)16(17)10-15/h3-8,10,12H,9,18H2,1-2H3. The van der Waals surface area contributed by atoms with Crippen molar-refractivity contribution >= 4 is 23.4 Å². The molecule has 0 saturated heterocycles. The molecule has 2 aromatic rings. The van der Waals surface area contributed by atoms with E-state index in [1.54, 1.807) is 11.8 Å². The SMILES string of the molecule is Cc1ccc(Sc2ccc(CC(C)N)c(Cl)c2)cc1. The predicted molar refractivity (Wildman–Crippen MR) is 84.1 cm³/mol. The van der Waals surface area contributed by atoms with E-state index in [9.17, 15) is 0 Å². The van der Waals surface area contributed by atoms with Crippen molar-refractivity contribution in [1.29, 1.82) is 0 Å². The van der Waals surface area contributed by atoms with Crippen LogP contribution in [0.5, 0.6) is 0 Å². The lowest BCUT2D eigenvalue weighted by atomic mass is 10.1.